The Hall–Kier alpha value is -1.35. The fourth-order valence-corrected chi connectivity index (χ4v) is 1.94. The van der Waals surface area contributed by atoms with Crippen LogP contribution >= 0.6 is 0 Å². The Kier molecular flexibility index (Phi) is 4.52. The molecule has 1 aromatic rings. The monoisotopic (exact) mass is 250 g/mol. The summed E-state index contributed by atoms with van der Waals surface area (Å²) in [6.45, 7) is 8.49. The molecule has 1 atom stereocenters. The van der Waals surface area contributed by atoms with E-state index < -0.39 is 11.9 Å². The first-order chi connectivity index (χ1) is 8.27. The van der Waals surface area contributed by atoms with Gasteiger partial charge in [0.1, 0.15) is 5.92 Å². The molecule has 0 aromatic heterocycles. The molecule has 100 valence electrons. The number of carboxylic acids is 1. The molecule has 0 saturated heterocycles. The second-order valence-electron chi connectivity index (χ2n) is 5.67. The molecule has 0 amide bonds. The van der Waals surface area contributed by atoms with Gasteiger partial charge in [-0.05, 0) is 29.0 Å². The van der Waals surface area contributed by atoms with Crippen LogP contribution < -0.4 is 0 Å². The van der Waals surface area contributed by atoms with Crippen LogP contribution in [0.2, 0.25) is 0 Å². The highest BCUT2D eigenvalue weighted by atomic mass is 16.5. The molecule has 0 radical (unpaired) electrons. The van der Waals surface area contributed by atoms with Crippen molar-refractivity contribution in [1.29, 1.82) is 0 Å². The van der Waals surface area contributed by atoms with Gasteiger partial charge in [0.25, 0.3) is 0 Å². The fraction of sp³-hybridized carbons (Fsp3) is 0.533. The summed E-state index contributed by atoms with van der Waals surface area (Å²) >= 11 is 0. The van der Waals surface area contributed by atoms with Crippen molar-refractivity contribution in [3.63, 3.8) is 0 Å². The lowest BCUT2D eigenvalue weighted by molar-refractivity contribution is -0.140. The topological polar surface area (TPSA) is 46.5 Å². The normalized spacial score (nSPS) is 13.4. The number of carboxylic acid groups (broad SMARTS) is 1. The Morgan fingerprint density at radius 2 is 2.00 bits per heavy atom. The number of hydrogen-bond acceptors (Lipinski definition) is 2. The molecule has 1 unspecified atom stereocenters. The summed E-state index contributed by atoms with van der Waals surface area (Å²) in [6.07, 6.45) is 0. The van der Waals surface area contributed by atoms with Crippen LogP contribution in [0.1, 0.15) is 43.4 Å². The molecule has 0 aliphatic rings. The van der Waals surface area contributed by atoms with Gasteiger partial charge >= 0.3 is 5.97 Å². The number of carbonyl (C=O) groups is 1. The highest BCUT2D eigenvalue weighted by molar-refractivity contribution is 5.77. The van der Waals surface area contributed by atoms with E-state index >= 15 is 0 Å². The molecule has 3 nitrogen and oxygen atoms in total. The molecular formula is C15H22O3. The molecule has 3 heteroatoms. The Bertz CT molecular complexity index is 430. The first kappa shape index (κ1) is 14.7. The van der Waals surface area contributed by atoms with E-state index in [1.165, 1.54) is 7.11 Å². The maximum absolute atomic E-state index is 11.3. The van der Waals surface area contributed by atoms with Crippen LogP contribution in [0.25, 0.3) is 0 Å². The van der Waals surface area contributed by atoms with E-state index in [4.69, 9.17) is 4.74 Å². The highest BCUT2D eigenvalue weighted by Gasteiger charge is 2.23. The number of rotatable bonds is 4. The first-order valence-electron chi connectivity index (χ1n) is 6.10. The summed E-state index contributed by atoms with van der Waals surface area (Å²) < 4.78 is 5.02. The quantitative estimate of drug-likeness (QED) is 0.893. The van der Waals surface area contributed by atoms with Crippen LogP contribution in [0.5, 0.6) is 0 Å². The molecule has 0 bridgehead atoms. The lowest BCUT2D eigenvalue weighted by Crippen LogP contribution is -2.19. The standard InChI is InChI=1S/C15H22O3/c1-10-6-7-11(15(2,3)4)8-12(10)13(9-18-5)14(16)17/h6-8,13H,9H2,1-5H3,(H,16,17). The summed E-state index contributed by atoms with van der Waals surface area (Å²) in [5.74, 6) is -1.44. The third-order valence-electron chi connectivity index (χ3n) is 3.15. The molecule has 0 heterocycles. The summed E-state index contributed by atoms with van der Waals surface area (Å²) in [4.78, 5) is 11.3. The van der Waals surface area contributed by atoms with Crippen molar-refractivity contribution in [3.8, 4) is 0 Å². The maximum atomic E-state index is 11.3. The van der Waals surface area contributed by atoms with Gasteiger partial charge in [-0.3, -0.25) is 4.79 Å². The lowest BCUT2D eigenvalue weighted by atomic mass is 9.83. The van der Waals surface area contributed by atoms with E-state index in [2.05, 4.69) is 26.8 Å². The van der Waals surface area contributed by atoms with Crippen molar-refractivity contribution in [1.82, 2.24) is 0 Å². The van der Waals surface area contributed by atoms with Crippen LogP contribution in [-0.2, 0) is 14.9 Å². The highest BCUT2D eigenvalue weighted by Crippen LogP contribution is 2.28. The lowest BCUT2D eigenvalue weighted by Gasteiger charge is -2.22. The van der Waals surface area contributed by atoms with Crippen molar-refractivity contribution in [2.45, 2.75) is 39.0 Å². The van der Waals surface area contributed by atoms with Gasteiger partial charge in [-0.2, -0.15) is 0 Å². The number of ether oxygens (including phenoxy) is 1. The van der Waals surface area contributed by atoms with E-state index in [-0.39, 0.29) is 12.0 Å². The minimum atomic E-state index is -0.842. The van der Waals surface area contributed by atoms with E-state index in [0.717, 1.165) is 16.7 Å². The molecule has 0 fully saturated rings. The Morgan fingerprint density at radius 3 is 2.44 bits per heavy atom. The van der Waals surface area contributed by atoms with Crippen molar-refractivity contribution in [2.75, 3.05) is 13.7 Å². The van der Waals surface area contributed by atoms with Crippen molar-refractivity contribution >= 4 is 5.97 Å². The van der Waals surface area contributed by atoms with Gasteiger partial charge in [0.05, 0.1) is 6.61 Å². The summed E-state index contributed by atoms with van der Waals surface area (Å²) in [5, 5.41) is 9.30. The summed E-state index contributed by atoms with van der Waals surface area (Å²) in [5.41, 5.74) is 2.99. The van der Waals surface area contributed by atoms with E-state index in [0.29, 0.717) is 0 Å². The van der Waals surface area contributed by atoms with Crippen molar-refractivity contribution < 1.29 is 14.6 Å². The predicted octanol–water partition coefficient (Wildman–Crippen LogP) is 3.11. The molecule has 0 aliphatic carbocycles. The zero-order valence-electron chi connectivity index (χ0n) is 11.8. The second-order valence-corrected chi connectivity index (χ2v) is 5.67. The molecule has 0 spiro atoms. The maximum Gasteiger partial charge on any atom is 0.313 e. The smallest absolute Gasteiger partial charge is 0.313 e. The van der Waals surface area contributed by atoms with Crippen LogP contribution in [0, 0.1) is 6.92 Å². The zero-order chi connectivity index (χ0) is 13.9. The average Bonchev–Trinajstić information content (AvgIpc) is 2.25. The third kappa shape index (κ3) is 3.33. The molecule has 1 N–H and O–H groups in total. The number of benzene rings is 1. The Balaban J connectivity index is 3.25. The molecule has 1 aromatic carbocycles. The molecule has 0 aliphatic heterocycles. The number of aryl methyl sites for hydroxylation is 1. The third-order valence-corrected chi connectivity index (χ3v) is 3.15. The molecular weight excluding hydrogens is 228 g/mol. The van der Waals surface area contributed by atoms with Gasteiger partial charge in [0, 0.05) is 7.11 Å². The molecule has 1 rings (SSSR count). The van der Waals surface area contributed by atoms with Crippen LogP contribution in [-0.4, -0.2) is 24.8 Å². The minimum absolute atomic E-state index is 0.0125. The SMILES string of the molecule is COCC(C(=O)O)c1cc(C(C)(C)C)ccc1C. The van der Waals surface area contributed by atoms with E-state index in [1.54, 1.807) is 0 Å². The van der Waals surface area contributed by atoms with E-state index in [9.17, 15) is 9.90 Å². The Morgan fingerprint density at radius 1 is 1.39 bits per heavy atom. The number of methoxy groups -OCH3 is 1. The van der Waals surface area contributed by atoms with Gasteiger partial charge in [-0.1, -0.05) is 39.0 Å². The fourth-order valence-electron chi connectivity index (χ4n) is 1.94. The van der Waals surface area contributed by atoms with Crippen LogP contribution in [0.15, 0.2) is 18.2 Å². The number of aliphatic carboxylic acids is 1. The zero-order valence-corrected chi connectivity index (χ0v) is 11.8. The van der Waals surface area contributed by atoms with Crippen LogP contribution in [0.3, 0.4) is 0 Å². The minimum Gasteiger partial charge on any atom is -0.481 e. The first-order valence-corrected chi connectivity index (χ1v) is 6.10. The second kappa shape index (κ2) is 5.53. The van der Waals surface area contributed by atoms with Gasteiger partial charge < -0.3 is 9.84 Å². The van der Waals surface area contributed by atoms with Gasteiger partial charge in [0.15, 0.2) is 0 Å². The molecule has 18 heavy (non-hydrogen) atoms. The largest absolute Gasteiger partial charge is 0.481 e. The van der Waals surface area contributed by atoms with Crippen molar-refractivity contribution in [2.24, 2.45) is 0 Å². The van der Waals surface area contributed by atoms with E-state index in [1.807, 2.05) is 19.1 Å². The predicted molar refractivity (Wildman–Crippen MR) is 72.1 cm³/mol. The summed E-state index contributed by atoms with van der Waals surface area (Å²) in [6, 6.07) is 6.04. The molecule has 0 saturated carbocycles. The van der Waals surface area contributed by atoms with Crippen LogP contribution in [0.4, 0.5) is 0 Å². The average molecular weight is 250 g/mol. The van der Waals surface area contributed by atoms with Gasteiger partial charge in [-0.25, -0.2) is 0 Å². The number of hydrogen-bond donors (Lipinski definition) is 1. The van der Waals surface area contributed by atoms with Gasteiger partial charge in [-0.15, -0.1) is 0 Å². The van der Waals surface area contributed by atoms with Gasteiger partial charge in [0.2, 0.25) is 0 Å². The van der Waals surface area contributed by atoms with Crippen molar-refractivity contribution in [3.05, 3.63) is 34.9 Å². The summed E-state index contributed by atoms with van der Waals surface area (Å²) in [7, 11) is 1.53. The Labute approximate surface area is 109 Å².